The third kappa shape index (κ3) is 4.07. The van der Waals surface area contributed by atoms with Crippen molar-refractivity contribution in [1.29, 1.82) is 0 Å². The third-order valence-electron chi connectivity index (χ3n) is 6.53. The van der Waals surface area contributed by atoms with Crippen LogP contribution in [-0.4, -0.2) is 90.3 Å². The molecule has 0 bridgehead atoms. The van der Waals surface area contributed by atoms with E-state index >= 15 is 0 Å². The Balaban J connectivity index is 1.24. The maximum absolute atomic E-state index is 13.6. The summed E-state index contributed by atoms with van der Waals surface area (Å²) in [6, 6.07) is 8.54. The summed E-state index contributed by atoms with van der Waals surface area (Å²) in [6.07, 6.45) is 0. The second-order valence-corrected chi connectivity index (χ2v) is 9.83. The van der Waals surface area contributed by atoms with Crippen LogP contribution >= 0.6 is 11.3 Å². The van der Waals surface area contributed by atoms with Gasteiger partial charge in [0.15, 0.2) is 5.78 Å². The Morgan fingerprint density at radius 3 is 2.64 bits per heavy atom. The minimum atomic E-state index is -0.418. The molecular weight excluding hydrogens is 482 g/mol. The van der Waals surface area contributed by atoms with E-state index in [4.69, 9.17) is 4.74 Å². The summed E-state index contributed by atoms with van der Waals surface area (Å²) in [6.45, 7) is 5.21. The third-order valence-corrected chi connectivity index (χ3v) is 7.62. The number of anilines is 1. The molecule has 6 rings (SSSR count). The number of carbonyl (C=O) groups is 3. The highest BCUT2D eigenvalue weighted by Gasteiger charge is 2.36. The molecule has 12 heteroatoms. The van der Waals surface area contributed by atoms with Gasteiger partial charge in [0.1, 0.15) is 5.69 Å². The van der Waals surface area contributed by atoms with Crippen LogP contribution < -0.4 is 16.1 Å². The van der Waals surface area contributed by atoms with E-state index in [1.165, 1.54) is 11.3 Å². The number of carbonyl (C=O) groups excluding carboxylic acids is 3. The molecule has 2 saturated heterocycles. The van der Waals surface area contributed by atoms with E-state index in [2.05, 4.69) is 26.3 Å². The SMILES string of the molecule is O=C(Nc1cccc2c1C(=O)c1c-2n[nH]c1-c1ccc(C(=O)N2CCNCC2)s1)NN1CCOCC1. The summed E-state index contributed by atoms with van der Waals surface area (Å²) in [5.74, 6) is -0.217. The van der Waals surface area contributed by atoms with Crippen LogP contribution in [0.4, 0.5) is 10.5 Å². The summed E-state index contributed by atoms with van der Waals surface area (Å²) in [4.78, 5) is 42.3. The zero-order valence-corrected chi connectivity index (χ0v) is 20.2. The van der Waals surface area contributed by atoms with Crippen LogP contribution in [0, 0.1) is 0 Å². The van der Waals surface area contributed by atoms with Gasteiger partial charge in [-0.1, -0.05) is 12.1 Å². The van der Waals surface area contributed by atoms with Crippen molar-refractivity contribution in [2.45, 2.75) is 0 Å². The molecule has 2 aliphatic heterocycles. The number of hydrazine groups is 1. The summed E-state index contributed by atoms with van der Waals surface area (Å²) >= 11 is 1.34. The molecule has 3 amide bonds. The number of thiophene rings is 1. The molecule has 3 aliphatic rings. The number of ketones is 1. The number of morpholine rings is 1. The van der Waals surface area contributed by atoms with Gasteiger partial charge in [-0.2, -0.15) is 5.10 Å². The van der Waals surface area contributed by atoms with Crippen LogP contribution in [0.5, 0.6) is 0 Å². The molecule has 0 radical (unpaired) electrons. The lowest BCUT2D eigenvalue weighted by Crippen LogP contribution is -2.49. The topological polar surface area (TPSA) is 132 Å². The molecule has 0 atom stereocenters. The molecule has 2 aromatic heterocycles. The van der Waals surface area contributed by atoms with Crippen molar-refractivity contribution < 1.29 is 19.1 Å². The summed E-state index contributed by atoms with van der Waals surface area (Å²) in [5, 5.41) is 15.3. The predicted octanol–water partition coefficient (Wildman–Crippen LogP) is 1.76. The van der Waals surface area contributed by atoms with Gasteiger partial charge in [-0.3, -0.25) is 20.1 Å². The first kappa shape index (κ1) is 22.9. The second kappa shape index (κ2) is 9.47. The Hall–Kier alpha value is -3.58. The Kier molecular flexibility index (Phi) is 6.01. The highest BCUT2D eigenvalue weighted by Crippen LogP contribution is 2.44. The van der Waals surface area contributed by atoms with Crippen LogP contribution in [0.25, 0.3) is 21.8 Å². The molecule has 0 unspecified atom stereocenters. The van der Waals surface area contributed by atoms with Crippen molar-refractivity contribution in [1.82, 2.24) is 30.8 Å². The van der Waals surface area contributed by atoms with Gasteiger partial charge in [0.05, 0.1) is 45.5 Å². The van der Waals surface area contributed by atoms with Gasteiger partial charge < -0.3 is 20.3 Å². The first-order valence-electron chi connectivity index (χ1n) is 11.9. The van der Waals surface area contributed by atoms with E-state index in [1.54, 1.807) is 23.2 Å². The molecule has 0 spiro atoms. The van der Waals surface area contributed by atoms with Crippen LogP contribution in [0.1, 0.15) is 25.6 Å². The molecule has 3 aromatic rings. The Labute approximate surface area is 210 Å². The minimum absolute atomic E-state index is 0.00344. The van der Waals surface area contributed by atoms with E-state index in [1.807, 2.05) is 17.0 Å². The predicted molar refractivity (Wildman–Crippen MR) is 134 cm³/mol. The number of aromatic nitrogens is 2. The van der Waals surface area contributed by atoms with Crippen molar-refractivity contribution >= 4 is 34.7 Å². The lowest BCUT2D eigenvalue weighted by atomic mass is 10.1. The maximum atomic E-state index is 13.6. The van der Waals surface area contributed by atoms with Crippen molar-refractivity contribution in [2.24, 2.45) is 0 Å². The molecule has 0 saturated carbocycles. The number of nitrogens with zero attached hydrogens (tertiary/aromatic N) is 3. The normalized spacial score (nSPS) is 17.6. The number of fused-ring (bicyclic) bond motifs is 3. The molecule has 186 valence electrons. The van der Waals surface area contributed by atoms with E-state index in [0.717, 1.165) is 18.0 Å². The number of nitrogens with one attached hydrogen (secondary N) is 4. The Morgan fingerprint density at radius 1 is 1.03 bits per heavy atom. The van der Waals surface area contributed by atoms with Gasteiger partial charge in [-0.15, -0.1) is 11.3 Å². The summed E-state index contributed by atoms with van der Waals surface area (Å²) < 4.78 is 5.30. The molecule has 4 heterocycles. The minimum Gasteiger partial charge on any atom is -0.379 e. The first-order chi connectivity index (χ1) is 17.6. The van der Waals surface area contributed by atoms with E-state index < -0.39 is 6.03 Å². The zero-order chi connectivity index (χ0) is 24.6. The fourth-order valence-electron chi connectivity index (χ4n) is 4.74. The molecule has 1 aliphatic carbocycles. The fourth-order valence-corrected chi connectivity index (χ4v) is 5.71. The van der Waals surface area contributed by atoms with Crippen molar-refractivity contribution in [3.8, 4) is 21.8 Å². The maximum Gasteiger partial charge on any atom is 0.333 e. The van der Waals surface area contributed by atoms with E-state index in [0.29, 0.717) is 78.0 Å². The number of rotatable bonds is 4. The first-order valence-corrected chi connectivity index (χ1v) is 12.7. The average Bonchev–Trinajstić information content (AvgIpc) is 3.62. The van der Waals surface area contributed by atoms with Crippen LogP contribution in [-0.2, 0) is 4.74 Å². The lowest BCUT2D eigenvalue weighted by molar-refractivity contribution is 0.0207. The number of hydrogen-bond donors (Lipinski definition) is 4. The number of hydrogen-bond acceptors (Lipinski definition) is 8. The van der Waals surface area contributed by atoms with Crippen LogP contribution in [0.3, 0.4) is 0 Å². The Bertz CT molecular complexity index is 1340. The highest BCUT2D eigenvalue weighted by molar-refractivity contribution is 7.17. The van der Waals surface area contributed by atoms with Gasteiger partial charge in [0, 0.05) is 44.8 Å². The van der Waals surface area contributed by atoms with Crippen LogP contribution in [0.2, 0.25) is 0 Å². The number of piperazine rings is 1. The van der Waals surface area contributed by atoms with E-state index in [9.17, 15) is 14.4 Å². The average molecular weight is 508 g/mol. The largest absolute Gasteiger partial charge is 0.379 e. The number of aromatic amines is 1. The zero-order valence-electron chi connectivity index (χ0n) is 19.4. The number of urea groups is 1. The van der Waals surface area contributed by atoms with Crippen molar-refractivity contribution in [3.05, 3.63) is 46.3 Å². The second-order valence-electron chi connectivity index (χ2n) is 8.75. The standard InChI is InChI=1S/C24H25N7O4S/c32-22-18-14(2-1-3-15(18)26-24(34)29-31-10-12-35-13-11-31)20-19(22)21(28-27-20)16-4-5-17(36-16)23(33)30-8-6-25-7-9-30/h1-5,25H,6-13H2,(H,27,28)(H2,26,29,34). The molecule has 11 nitrogen and oxygen atoms in total. The summed E-state index contributed by atoms with van der Waals surface area (Å²) in [5.41, 5.74) is 5.88. The molecule has 1 aromatic carbocycles. The van der Waals surface area contributed by atoms with Crippen molar-refractivity contribution in [2.75, 3.05) is 57.8 Å². The number of H-pyrrole nitrogens is 1. The molecule has 36 heavy (non-hydrogen) atoms. The Morgan fingerprint density at radius 2 is 1.83 bits per heavy atom. The van der Waals surface area contributed by atoms with Gasteiger partial charge in [-0.25, -0.2) is 9.80 Å². The number of amides is 3. The summed E-state index contributed by atoms with van der Waals surface area (Å²) in [7, 11) is 0. The van der Waals surface area contributed by atoms with Gasteiger partial charge in [0.2, 0.25) is 0 Å². The van der Waals surface area contributed by atoms with Gasteiger partial charge in [0.25, 0.3) is 5.91 Å². The smallest absolute Gasteiger partial charge is 0.333 e. The van der Waals surface area contributed by atoms with E-state index in [-0.39, 0.29) is 11.7 Å². The number of ether oxygens (including phenoxy) is 1. The fraction of sp³-hybridized carbons (Fsp3) is 0.333. The molecular formula is C24H25N7O4S. The molecule has 4 N–H and O–H groups in total. The van der Waals surface area contributed by atoms with Gasteiger partial charge in [-0.05, 0) is 18.2 Å². The number of benzene rings is 1. The van der Waals surface area contributed by atoms with Crippen molar-refractivity contribution in [3.63, 3.8) is 0 Å². The van der Waals surface area contributed by atoms with Crippen LogP contribution in [0.15, 0.2) is 30.3 Å². The lowest BCUT2D eigenvalue weighted by Gasteiger charge is -2.27. The quantitative estimate of drug-likeness (QED) is 0.331. The molecule has 2 fully saturated rings. The van der Waals surface area contributed by atoms with Gasteiger partial charge >= 0.3 is 6.03 Å². The highest BCUT2D eigenvalue weighted by atomic mass is 32.1. The monoisotopic (exact) mass is 507 g/mol.